The fraction of sp³-hybridized carbons (Fsp3) is 0.688. The summed E-state index contributed by atoms with van der Waals surface area (Å²) < 4.78 is 5.69. The highest BCUT2D eigenvalue weighted by Crippen LogP contribution is 2.31. The maximum atomic E-state index is 12.7. The van der Waals surface area contributed by atoms with Gasteiger partial charge in [0.05, 0.1) is 12.1 Å². The zero-order valence-electron chi connectivity index (χ0n) is 12.7. The van der Waals surface area contributed by atoms with Crippen molar-refractivity contribution in [1.29, 1.82) is 0 Å². The van der Waals surface area contributed by atoms with E-state index in [2.05, 4.69) is 30.6 Å². The molecule has 21 heavy (non-hydrogen) atoms. The van der Waals surface area contributed by atoms with Crippen LogP contribution in [0, 0.1) is 5.92 Å². The average Bonchev–Trinajstić information content (AvgIpc) is 3.17. The summed E-state index contributed by atoms with van der Waals surface area (Å²) in [7, 11) is 0. The average molecular weight is 308 g/mol. The maximum Gasteiger partial charge on any atom is 0.241 e. The van der Waals surface area contributed by atoms with E-state index in [1.165, 1.54) is 4.88 Å². The third-order valence-electron chi connectivity index (χ3n) is 4.39. The molecule has 1 N–H and O–H groups in total. The first kappa shape index (κ1) is 15.0. The molecule has 2 aliphatic rings. The summed E-state index contributed by atoms with van der Waals surface area (Å²) in [6, 6.07) is 4.09. The van der Waals surface area contributed by atoms with Gasteiger partial charge >= 0.3 is 0 Å². The van der Waals surface area contributed by atoms with Gasteiger partial charge < -0.3 is 9.64 Å². The third-order valence-corrected chi connectivity index (χ3v) is 5.32. The first-order valence-electron chi connectivity index (χ1n) is 7.88. The molecular formula is C16H24N2O2S. The van der Waals surface area contributed by atoms with Crippen molar-refractivity contribution in [3.05, 3.63) is 22.4 Å². The van der Waals surface area contributed by atoms with Crippen LogP contribution in [0.15, 0.2) is 17.5 Å². The van der Waals surface area contributed by atoms with Gasteiger partial charge in [-0.1, -0.05) is 19.9 Å². The van der Waals surface area contributed by atoms with Crippen molar-refractivity contribution < 1.29 is 9.53 Å². The van der Waals surface area contributed by atoms with Crippen molar-refractivity contribution in [2.75, 3.05) is 13.2 Å². The highest BCUT2D eigenvalue weighted by Gasteiger charge is 2.41. The Balaban J connectivity index is 1.71. The number of carbonyl (C=O) groups excluding carboxylic acids is 1. The van der Waals surface area contributed by atoms with Crippen LogP contribution in [0.5, 0.6) is 0 Å². The molecule has 2 aliphatic heterocycles. The molecule has 0 radical (unpaired) electrons. The number of rotatable bonds is 5. The lowest BCUT2D eigenvalue weighted by atomic mass is 10.0. The molecule has 1 aromatic rings. The first-order valence-corrected chi connectivity index (χ1v) is 8.76. The van der Waals surface area contributed by atoms with Crippen molar-refractivity contribution in [1.82, 2.24) is 10.2 Å². The molecule has 1 amide bonds. The molecule has 0 saturated carbocycles. The minimum Gasteiger partial charge on any atom is -0.378 e. The smallest absolute Gasteiger partial charge is 0.241 e. The lowest BCUT2D eigenvalue weighted by molar-refractivity contribution is -0.131. The first-order chi connectivity index (χ1) is 10.2. The van der Waals surface area contributed by atoms with Gasteiger partial charge in [-0.2, -0.15) is 0 Å². The van der Waals surface area contributed by atoms with Crippen molar-refractivity contribution in [3.8, 4) is 0 Å². The van der Waals surface area contributed by atoms with Gasteiger partial charge in [0.25, 0.3) is 0 Å². The second kappa shape index (κ2) is 6.46. The number of hydrogen-bond acceptors (Lipinski definition) is 4. The Morgan fingerprint density at radius 1 is 1.52 bits per heavy atom. The van der Waals surface area contributed by atoms with E-state index in [0.717, 1.165) is 32.4 Å². The predicted octanol–water partition coefficient (Wildman–Crippen LogP) is 2.77. The fourth-order valence-electron chi connectivity index (χ4n) is 3.19. The van der Waals surface area contributed by atoms with E-state index in [4.69, 9.17) is 4.74 Å². The highest BCUT2D eigenvalue weighted by atomic mass is 32.1. The summed E-state index contributed by atoms with van der Waals surface area (Å²) in [4.78, 5) is 15.9. The molecule has 3 unspecified atom stereocenters. The quantitative estimate of drug-likeness (QED) is 0.909. The van der Waals surface area contributed by atoms with Crippen LogP contribution in [0.2, 0.25) is 0 Å². The number of ether oxygens (including phenoxy) is 1. The predicted molar refractivity (Wildman–Crippen MR) is 84.1 cm³/mol. The Kier molecular flexibility index (Phi) is 4.62. The standard InChI is InChI=1S/C16H24N2O2S/c1-11(2)14-16(19)18(8-7-12-5-3-9-20-12)15(17-14)13-6-4-10-21-13/h4,6,10-12,14-15,17H,3,5,7-9H2,1-2H3. The number of nitrogens with zero attached hydrogens (tertiary/aromatic N) is 1. The zero-order chi connectivity index (χ0) is 14.8. The van der Waals surface area contributed by atoms with Crippen LogP contribution < -0.4 is 5.32 Å². The van der Waals surface area contributed by atoms with E-state index in [1.807, 2.05) is 11.0 Å². The molecule has 0 bridgehead atoms. The molecule has 0 aromatic carbocycles. The van der Waals surface area contributed by atoms with Gasteiger partial charge in [-0.25, -0.2) is 0 Å². The zero-order valence-corrected chi connectivity index (χ0v) is 13.6. The molecule has 0 aliphatic carbocycles. The van der Waals surface area contributed by atoms with Crippen molar-refractivity contribution in [2.24, 2.45) is 5.92 Å². The van der Waals surface area contributed by atoms with Crippen LogP contribution in [-0.2, 0) is 9.53 Å². The lowest BCUT2D eigenvalue weighted by Gasteiger charge is -2.24. The van der Waals surface area contributed by atoms with E-state index in [0.29, 0.717) is 12.0 Å². The SMILES string of the molecule is CC(C)C1NC(c2cccs2)N(CCC2CCCO2)C1=O. The summed E-state index contributed by atoms with van der Waals surface area (Å²) in [6.45, 7) is 5.86. The van der Waals surface area contributed by atoms with E-state index in [-0.39, 0.29) is 18.1 Å². The van der Waals surface area contributed by atoms with E-state index in [9.17, 15) is 4.79 Å². The van der Waals surface area contributed by atoms with Gasteiger partial charge in [0.1, 0.15) is 6.17 Å². The number of amides is 1. The second-order valence-corrected chi connectivity index (χ2v) is 7.24. The van der Waals surface area contributed by atoms with Crippen LogP contribution in [0.25, 0.3) is 0 Å². The van der Waals surface area contributed by atoms with Crippen LogP contribution >= 0.6 is 11.3 Å². The number of nitrogens with one attached hydrogen (secondary N) is 1. The van der Waals surface area contributed by atoms with Gasteiger partial charge in [0.15, 0.2) is 0 Å². The Morgan fingerprint density at radius 2 is 2.38 bits per heavy atom. The second-order valence-electron chi connectivity index (χ2n) is 6.26. The molecule has 5 heteroatoms. The molecule has 0 spiro atoms. The van der Waals surface area contributed by atoms with Gasteiger partial charge in [0.2, 0.25) is 5.91 Å². The molecule has 116 valence electrons. The monoisotopic (exact) mass is 308 g/mol. The molecule has 4 nitrogen and oxygen atoms in total. The van der Waals surface area contributed by atoms with Gasteiger partial charge in [-0.3, -0.25) is 10.1 Å². The summed E-state index contributed by atoms with van der Waals surface area (Å²) in [6.07, 6.45) is 3.60. The summed E-state index contributed by atoms with van der Waals surface area (Å²) >= 11 is 1.71. The van der Waals surface area contributed by atoms with Crippen molar-refractivity contribution in [3.63, 3.8) is 0 Å². The normalized spacial score (nSPS) is 29.8. The maximum absolute atomic E-state index is 12.7. The van der Waals surface area contributed by atoms with Crippen molar-refractivity contribution in [2.45, 2.75) is 51.4 Å². The van der Waals surface area contributed by atoms with Crippen LogP contribution in [0.3, 0.4) is 0 Å². The Hall–Kier alpha value is -0.910. The Morgan fingerprint density at radius 3 is 3.00 bits per heavy atom. The van der Waals surface area contributed by atoms with E-state index >= 15 is 0 Å². The van der Waals surface area contributed by atoms with E-state index in [1.54, 1.807) is 11.3 Å². The number of thiophene rings is 1. The molecular weight excluding hydrogens is 284 g/mol. The molecule has 2 saturated heterocycles. The topological polar surface area (TPSA) is 41.6 Å². The van der Waals surface area contributed by atoms with Gasteiger partial charge in [-0.05, 0) is 36.6 Å². The molecule has 3 heterocycles. The Bertz CT molecular complexity index is 469. The van der Waals surface area contributed by atoms with Crippen molar-refractivity contribution >= 4 is 17.2 Å². The largest absolute Gasteiger partial charge is 0.378 e. The summed E-state index contributed by atoms with van der Waals surface area (Å²) in [5.74, 6) is 0.550. The Labute approximate surface area is 130 Å². The minimum atomic E-state index is -0.0680. The summed E-state index contributed by atoms with van der Waals surface area (Å²) in [5, 5.41) is 5.59. The molecule has 3 rings (SSSR count). The minimum absolute atomic E-state index is 0.0336. The third kappa shape index (κ3) is 3.15. The molecule has 1 aromatic heterocycles. The number of carbonyl (C=O) groups is 1. The van der Waals surface area contributed by atoms with Crippen LogP contribution in [0.1, 0.15) is 44.2 Å². The fourth-order valence-corrected chi connectivity index (χ4v) is 3.99. The van der Waals surface area contributed by atoms with Crippen LogP contribution in [0.4, 0.5) is 0 Å². The molecule has 3 atom stereocenters. The summed E-state index contributed by atoms with van der Waals surface area (Å²) in [5.41, 5.74) is 0. The molecule has 2 fully saturated rings. The lowest BCUT2D eigenvalue weighted by Crippen LogP contribution is -2.35. The van der Waals surface area contributed by atoms with Gasteiger partial charge in [0, 0.05) is 18.0 Å². The number of hydrogen-bond donors (Lipinski definition) is 1. The van der Waals surface area contributed by atoms with E-state index < -0.39 is 0 Å². The van der Waals surface area contributed by atoms with Gasteiger partial charge in [-0.15, -0.1) is 11.3 Å². The van der Waals surface area contributed by atoms with Crippen LogP contribution in [-0.4, -0.2) is 36.1 Å². The highest BCUT2D eigenvalue weighted by molar-refractivity contribution is 7.10.